The zero-order chi connectivity index (χ0) is 27.4. The van der Waals surface area contributed by atoms with Crippen LogP contribution in [-0.4, -0.2) is 44.6 Å². The van der Waals surface area contributed by atoms with E-state index < -0.39 is 11.6 Å². The maximum absolute atomic E-state index is 14.2. The van der Waals surface area contributed by atoms with E-state index in [1.807, 2.05) is 64.1 Å². The number of fused-ring (bicyclic) bond motifs is 1. The van der Waals surface area contributed by atoms with Crippen LogP contribution in [0.3, 0.4) is 0 Å². The molecule has 4 rings (SSSR count). The monoisotopic (exact) mass is 515 g/mol. The second-order valence-electron chi connectivity index (χ2n) is 9.90. The summed E-state index contributed by atoms with van der Waals surface area (Å²) in [6, 6.07) is 18.1. The first kappa shape index (κ1) is 26.7. The molecule has 2 amide bonds. The van der Waals surface area contributed by atoms with E-state index in [-0.39, 0.29) is 24.1 Å². The van der Waals surface area contributed by atoms with Crippen molar-refractivity contribution >= 4 is 28.5 Å². The van der Waals surface area contributed by atoms with Crippen LogP contribution in [-0.2, 0) is 16.1 Å². The lowest BCUT2D eigenvalue weighted by Crippen LogP contribution is -2.51. The SMILES string of the molecule is CCC(C)(C)NC(=O)[C@@H](c1ccc(O)cc1)N(C(=O)Cn1nnc2ccccc21)c1cc(C)ccc1OC. The molecule has 0 bridgehead atoms. The Morgan fingerprint density at radius 3 is 2.50 bits per heavy atom. The van der Waals surface area contributed by atoms with Crippen LogP contribution in [0.15, 0.2) is 66.7 Å². The van der Waals surface area contributed by atoms with Gasteiger partial charge in [-0.15, -0.1) is 5.10 Å². The number of hydrogen-bond donors (Lipinski definition) is 2. The molecule has 2 N–H and O–H groups in total. The summed E-state index contributed by atoms with van der Waals surface area (Å²) in [7, 11) is 1.53. The Labute approximate surface area is 222 Å². The Hall–Kier alpha value is -4.40. The molecule has 0 aliphatic heterocycles. The van der Waals surface area contributed by atoms with Gasteiger partial charge < -0.3 is 15.2 Å². The fraction of sp³-hybridized carbons (Fsp3) is 0.310. The summed E-state index contributed by atoms with van der Waals surface area (Å²) in [5.74, 6) is -0.240. The molecule has 0 unspecified atom stereocenters. The van der Waals surface area contributed by atoms with Crippen LogP contribution in [0.5, 0.6) is 11.5 Å². The fourth-order valence-corrected chi connectivity index (χ4v) is 4.21. The number of anilines is 1. The minimum absolute atomic E-state index is 0.0573. The van der Waals surface area contributed by atoms with E-state index in [9.17, 15) is 14.7 Å². The highest BCUT2D eigenvalue weighted by Crippen LogP contribution is 2.37. The number of ether oxygens (including phenoxy) is 1. The molecule has 0 saturated heterocycles. The van der Waals surface area contributed by atoms with Gasteiger partial charge in [-0.05, 0) is 74.7 Å². The first-order valence-corrected chi connectivity index (χ1v) is 12.5. The molecule has 9 nitrogen and oxygen atoms in total. The van der Waals surface area contributed by atoms with Gasteiger partial charge in [-0.2, -0.15) is 0 Å². The van der Waals surface area contributed by atoms with Gasteiger partial charge in [0.2, 0.25) is 11.8 Å². The van der Waals surface area contributed by atoms with Gasteiger partial charge >= 0.3 is 0 Å². The van der Waals surface area contributed by atoms with Gasteiger partial charge in [0.25, 0.3) is 0 Å². The number of methoxy groups -OCH3 is 1. The van der Waals surface area contributed by atoms with Gasteiger partial charge in [-0.1, -0.05) is 42.5 Å². The molecule has 4 aromatic rings. The number of nitrogens with one attached hydrogen (secondary N) is 1. The van der Waals surface area contributed by atoms with Crippen LogP contribution >= 0.6 is 0 Å². The van der Waals surface area contributed by atoms with Gasteiger partial charge in [-0.25, -0.2) is 4.68 Å². The third kappa shape index (κ3) is 5.61. The lowest BCUT2D eigenvalue weighted by atomic mass is 9.98. The average Bonchev–Trinajstić information content (AvgIpc) is 3.30. The summed E-state index contributed by atoms with van der Waals surface area (Å²) in [4.78, 5) is 29.6. The summed E-state index contributed by atoms with van der Waals surface area (Å²) in [5.41, 5.74) is 2.73. The number of benzene rings is 3. The number of aryl methyl sites for hydroxylation is 1. The van der Waals surface area contributed by atoms with Crippen molar-refractivity contribution < 1.29 is 19.4 Å². The van der Waals surface area contributed by atoms with Gasteiger partial charge in [-0.3, -0.25) is 14.5 Å². The van der Waals surface area contributed by atoms with Gasteiger partial charge in [0.05, 0.1) is 18.3 Å². The maximum Gasteiger partial charge on any atom is 0.249 e. The van der Waals surface area contributed by atoms with E-state index in [2.05, 4.69) is 15.6 Å². The molecule has 9 heteroatoms. The molecule has 38 heavy (non-hydrogen) atoms. The number of carbonyl (C=O) groups excluding carboxylic acids is 2. The lowest BCUT2D eigenvalue weighted by molar-refractivity contribution is -0.128. The van der Waals surface area contributed by atoms with Gasteiger partial charge in [0.15, 0.2) is 0 Å². The number of aromatic nitrogens is 3. The Morgan fingerprint density at radius 2 is 1.82 bits per heavy atom. The minimum atomic E-state index is -1.06. The first-order valence-electron chi connectivity index (χ1n) is 12.5. The molecule has 1 aromatic heterocycles. The highest BCUT2D eigenvalue weighted by molar-refractivity contribution is 6.02. The molecular formula is C29H33N5O4. The quantitative estimate of drug-likeness (QED) is 0.339. The number of para-hydroxylation sites is 1. The van der Waals surface area contributed by atoms with Crippen LogP contribution in [0.4, 0.5) is 5.69 Å². The van der Waals surface area contributed by atoms with Crippen molar-refractivity contribution in [3.63, 3.8) is 0 Å². The van der Waals surface area contributed by atoms with Crippen LogP contribution in [0.25, 0.3) is 11.0 Å². The van der Waals surface area contributed by atoms with Gasteiger partial charge in [0, 0.05) is 5.54 Å². The van der Waals surface area contributed by atoms with E-state index in [1.54, 1.807) is 18.2 Å². The number of phenolic OH excluding ortho intramolecular Hbond substituents is 1. The number of hydrogen-bond acceptors (Lipinski definition) is 6. The topological polar surface area (TPSA) is 110 Å². The predicted molar refractivity (Wildman–Crippen MR) is 146 cm³/mol. The van der Waals surface area contributed by atoms with Crippen molar-refractivity contribution in [3.8, 4) is 11.5 Å². The van der Waals surface area contributed by atoms with Crippen LogP contribution < -0.4 is 15.0 Å². The van der Waals surface area contributed by atoms with Crippen molar-refractivity contribution in [3.05, 3.63) is 77.9 Å². The van der Waals surface area contributed by atoms with Crippen molar-refractivity contribution in [2.75, 3.05) is 12.0 Å². The number of nitrogens with zero attached hydrogens (tertiary/aromatic N) is 4. The van der Waals surface area contributed by atoms with Crippen molar-refractivity contribution in [2.24, 2.45) is 0 Å². The van der Waals surface area contributed by atoms with Crippen LogP contribution in [0.2, 0.25) is 0 Å². The zero-order valence-corrected chi connectivity index (χ0v) is 22.3. The number of aromatic hydroxyl groups is 1. The zero-order valence-electron chi connectivity index (χ0n) is 22.3. The number of amides is 2. The third-order valence-electron chi connectivity index (χ3n) is 6.63. The first-order chi connectivity index (χ1) is 18.1. The van der Waals surface area contributed by atoms with Crippen molar-refractivity contribution in [1.29, 1.82) is 0 Å². The summed E-state index contributed by atoms with van der Waals surface area (Å²) in [6.07, 6.45) is 0.688. The molecule has 0 fully saturated rings. The van der Waals surface area contributed by atoms with Crippen LogP contribution in [0.1, 0.15) is 44.4 Å². The smallest absolute Gasteiger partial charge is 0.249 e. The van der Waals surface area contributed by atoms with Crippen molar-refractivity contribution in [2.45, 2.75) is 52.2 Å². The van der Waals surface area contributed by atoms with E-state index in [4.69, 9.17) is 4.74 Å². The highest BCUT2D eigenvalue weighted by atomic mass is 16.5. The lowest BCUT2D eigenvalue weighted by Gasteiger charge is -2.35. The largest absolute Gasteiger partial charge is 0.508 e. The third-order valence-corrected chi connectivity index (χ3v) is 6.63. The second kappa shape index (κ2) is 10.9. The van der Waals surface area contributed by atoms with Crippen molar-refractivity contribution in [1.82, 2.24) is 20.3 Å². The summed E-state index contributed by atoms with van der Waals surface area (Å²) >= 11 is 0. The summed E-state index contributed by atoms with van der Waals surface area (Å²) in [6.45, 7) is 7.60. The summed E-state index contributed by atoms with van der Waals surface area (Å²) < 4.78 is 7.17. The van der Waals surface area contributed by atoms with Crippen LogP contribution in [0, 0.1) is 6.92 Å². The molecule has 0 aliphatic carbocycles. The molecule has 1 atom stereocenters. The Kier molecular flexibility index (Phi) is 7.66. The van der Waals surface area contributed by atoms with E-state index in [0.29, 0.717) is 34.5 Å². The number of carbonyl (C=O) groups is 2. The predicted octanol–water partition coefficient (Wildman–Crippen LogP) is 4.53. The molecule has 3 aromatic carbocycles. The molecule has 0 saturated carbocycles. The standard InChI is InChI=1S/C29H33N5O4/c1-6-29(3,4)30-28(37)27(20-12-14-21(35)15-13-20)34(24-17-19(2)11-16-25(24)38-5)26(36)18-33-23-10-8-7-9-22(23)31-32-33/h7-17,27,35H,6,18H2,1-5H3,(H,30,37)/t27-/m1/s1. The normalized spacial score (nSPS) is 12.2. The molecule has 0 radical (unpaired) electrons. The van der Waals surface area contributed by atoms with E-state index >= 15 is 0 Å². The number of rotatable bonds is 9. The van der Waals surface area contributed by atoms with E-state index in [1.165, 1.54) is 28.8 Å². The maximum atomic E-state index is 14.2. The van der Waals surface area contributed by atoms with E-state index in [0.717, 1.165) is 5.56 Å². The molecular weight excluding hydrogens is 482 g/mol. The Balaban J connectivity index is 1.88. The van der Waals surface area contributed by atoms with Gasteiger partial charge in [0.1, 0.15) is 29.6 Å². The minimum Gasteiger partial charge on any atom is -0.508 e. The highest BCUT2D eigenvalue weighted by Gasteiger charge is 2.36. The molecule has 198 valence electrons. The Bertz CT molecular complexity index is 1450. The fourth-order valence-electron chi connectivity index (χ4n) is 4.21. The average molecular weight is 516 g/mol. The molecule has 0 spiro atoms. The second-order valence-corrected chi connectivity index (χ2v) is 9.90. The molecule has 1 heterocycles. The molecule has 0 aliphatic rings. The summed E-state index contributed by atoms with van der Waals surface area (Å²) in [5, 5.41) is 21.4. The Morgan fingerprint density at radius 1 is 1.11 bits per heavy atom. The number of phenols is 1.